The smallest absolute Gasteiger partial charge is 0.389 e. The number of carbonyl (C=O) groups is 3. The fourth-order valence-electron chi connectivity index (χ4n) is 4.35. The predicted molar refractivity (Wildman–Crippen MR) is 137 cm³/mol. The van der Waals surface area contributed by atoms with E-state index in [0.717, 1.165) is 0 Å². The molecule has 4 N–H and O–H groups in total. The van der Waals surface area contributed by atoms with Crippen molar-refractivity contribution in [2.45, 2.75) is 44.2 Å². The summed E-state index contributed by atoms with van der Waals surface area (Å²) >= 11 is 5.99. The maximum atomic E-state index is 13.3. The third-order valence-electron chi connectivity index (χ3n) is 6.32. The summed E-state index contributed by atoms with van der Waals surface area (Å²) in [6, 6.07) is 11.0. The lowest BCUT2D eigenvalue weighted by Gasteiger charge is -2.26. The van der Waals surface area contributed by atoms with Crippen LogP contribution in [-0.2, 0) is 14.4 Å². The molecule has 41 heavy (non-hydrogen) atoms. The number of benzodiazepines with no additional fused rings is 1. The average Bonchev–Trinajstić information content (AvgIpc) is 3.01. The zero-order chi connectivity index (χ0) is 30.5. The van der Waals surface area contributed by atoms with Crippen LogP contribution in [0.4, 0.5) is 32.0 Å². The first-order valence-electron chi connectivity index (χ1n) is 12.1. The first kappa shape index (κ1) is 31.7. The summed E-state index contributed by atoms with van der Waals surface area (Å²) in [7, 11) is 1.35. The van der Waals surface area contributed by atoms with Crippen molar-refractivity contribution < 1.29 is 45.5 Å². The molecule has 0 saturated heterocycles. The van der Waals surface area contributed by atoms with Crippen LogP contribution in [0.25, 0.3) is 0 Å². The predicted octanol–water partition coefficient (Wildman–Crippen LogP) is 4.98. The van der Waals surface area contributed by atoms with E-state index in [4.69, 9.17) is 22.1 Å². The molecule has 0 bridgehead atoms. The topological polar surface area (TPSA) is 123 Å². The summed E-state index contributed by atoms with van der Waals surface area (Å²) < 4.78 is 83.1. The molecular formula is C26H25ClF6N4O4. The standard InChI is InChI=1S/C26H25ClF6N4O4/c1-41-18-4-2-3-17-19(13-5-7-14(27)8-6-13)35-22(24(40)36-20(17)18)37-23(39)16(10-12-26(31,32)33)15(21(34)38)9-11-25(28,29)30/h2-8,15-16,22H,9-12H2,1H3,(H2,34,38)(H,36,40)(H,37,39). The Kier molecular flexibility index (Phi) is 9.89. The van der Waals surface area contributed by atoms with Gasteiger partial charge >= 0.3 is 12.4 Å². The number of nitrogens with one attached hydrogen (secondary N) is 2. The highest BCUT2D eigenvalue weighted by Gasteiger charge is 2.40. The minimum Gasteiger partial charge on any atom is -0.495 e. The molecule has 0 saturated carbocycles. The molecule has 1 heterocycles. The molecule has 2 aromatic carbocycles. The van der Waals surface area contributed by atoms with Crippen molar-refractivity contribution in [2.24, 2.45) is 22.6 Å². The maximum absolute atomic E-state index is 13.3. The number of hydrogen-bond acceptors (Lipinski definition) is 5. The van der Waals surface area contributed by atoms with Gasteiger partial charge in [-0.05, 0) is 31.0 Å². The van der Waals surface area contributed by atoms with Crippen molar-refractivity contribution in [3.05, 3.63) is 58.6 Å². The van der Waals surface area contributed by atoms with Crippen LogP contribution in [0.15, 0.2) is 47.5 Å². The molecule has 0 spiro atoms. The van der Waals surface area contributed by atoms with Crippen molar-refractivity contribution in [2.75, 3.05) is 12.4 Å². The number of halogens is 7. The third kappa shape index (κ3) is 8.59. The Morgan fingerprint density at radius 1 is 1.02 bits per heavy atom. The normalized spacial score (nSPS) is 16.9. The van der Waals surface area contributed by atoms with E-state index < -0.39 is 73.8 Å². The molecule has 0 fully saturated rings. The zero-order valence-electron chi connectivity index (χ0n) is 21.4. The molecule has 1 aliphatic rings. The molecule has 1 aliphatic heterocycles. The lowest BCUT2D eigenvalue weighted by Crippen LogP contribution is -2.48. The van der Waals surface area contributed by atoms with Crippen LogP contribution in [0, 0.1) is 11.8 Å². The van der Waals surface area contributed by atoms with Crippen LogP contribution >= 0.6 is 11.6 Å². The summed E-state index contributed by atoms with van der Waals surface area (Å²) in [6.45, 7) is 0. The summed E-state index contributed by atoms with van der Waals surface area (Å²) in [6.07, 6.45) is -16.5. The number of fused-ring (bicyclic) bond motifs is 1. The molecule has 0 aliphatic carbocycles. The van der Waals surface area contributed by atoms with Gasteiger partial charge in [0.1, 0.15) is 5.75 Å². The van der Waals surface area contributed by atoms with Crippen LogP contribution < -0.4 is 21.1 Å². The summed E-state index contributed by atoms with van der Waals surface area (Å²) in [5.41, 5.74) is 6.38. The molecule has 0 aromatic heterocycles. The molecule has 8 nitrogen and oxygen atoms in total. The Bertz CT molecular complexity index is 1310. The number of rotatable bonds is 10. The monoisotopic (exact) mass is 606 g/mol. The highest BCUT2D eigenvalue weighted by Crippen LogP contribution is 2.35. The number of nitrogens with two attached hydrogens (primary N) is 1. The van der Waals surface area contributed by atoms with E-state index in [1.165, 1.54) is 19.2 Å². The summed E-state index contributed by atoms with van der Waals surface area (Å²) in [4.78, 5) is 42.9. The number of nitrogens with zero attached hydrogens (tertiary/aromatic N) is 1. The Morgan fingerprint density at radius 2 is 1.61 bits per heavy atom. The van der Waals surface area contributed by atoms with Gasteiger partial charge in [0, 0.05) is 40.8 Å². The van der Waals surface area contributed by atoms with E-state index in [0.29, 0.717) is 16.1 Å². The molecule has 15 heteroatoms. The quantitative estimate of drug-likeness (QED) is 0.330. The van der Waals surface area contributed by atoms with Crippen LogP contribution in [0.2, 0.25) is 5.02 Å². The molecule has 3 amide bonds. The molecule has 222 valence electrons. The van der Waals surface area contributed by atoms with E-state index in [9.17, 15) is 40.7 Å². The van der Waals surface area contributed by atoms with Gasteiger partial charge in [0.2, 0.25) is 18.0 Å². The lowest BCUT2D eigenvalue weighted by atomic mass is 9.83. The minimum absolute atomic E-state index is 0.162. The largest absolute Gasteiger partial charge is 0.495 e. The van der Waals surface area contributed by atoms with E-state index >= 15 is 0 Å². The van der Waals surface area contributed by atoms with Gasteiger partial charge in [0.25, 0.3) is 5.91 Å². The fraction of sp³-hybridized carbons (Fsp3) is 0.385. The van der Waals surface area contributed by atoms with Crippen molar-refractivity contribution >= 4 is 40.7 Å². The number of para-hydroxylation sites is 1. The molecule has 3 rings (SSSR count). The van der Waals surface area contributed by atoms with Gasteiger partial charge in [0.05, 0.1) is 18.5 Å². The number of benzene rings is 2. The van der Waals surface area contributed by atoms with E-state index in [1.807, 2.05) is 0 Å². The average molecular weight is 607 g/mol. The molecular weight excluding hydrogens is 582 g/mol. The fourth-order valence-corrected chi connectivity index (χ4v) is 4.47. The van der Waals surface area contributed by atoms with Crippen LogP contribution in [0.1, 0.15) is 36.8 Å². The first-order chi connectivity index (χ1) is 19.1. The Labute approximate surface area is 235 Å². The highest BCUT2D eigenvalue weighted by atomic mass is 35.5. The van der Waals surface area contributed by atoms with Gasteiger partial charge in [-0.3, -0.25) is 14.4 Å². The van der Waals surface area contributed by atoms with Crippen molar-refractivity contribution in [3.63, 3.8) is 0 Å². The third-order valence-corrected chi connectivity index (χ3v) is 6.57. The molecule has 3 unspecified atom stereocenters. The van der Waals surface area contributed by atoms with Gasteiger partial charge in [-0.15, -0.1) is 0 Å². The summed E-state index contributed by atoms with van der Waals surface area (Å²) in [5.74, 6) is -7.20. The van der Waals surface area contributed by atoms with E-state index in [2.05, 4.69) is 15.6 Å². The highest BCUT2D eigenvalue weighted by molar-refractivity contribution is 6.31. The van der Waals surface area contributed by atoms with Crippen LogP contribution in [0.5, 0.6) is 5.75 Å². The number of methoxy groups -OCH3 is 1. The Balaban J connectivity index is 2.03. The number of ether oxygens (including phenoxy) is 1. The second kappa shape index (κ2) is 12.8. The molecule has 2 aromatic rings. The van der Waals surface area contributed by atoms with Gasteiger partial charge in [0.15, 0.2) is 0 Å². The van der Waals surface area contributed by atoms with Crippen molar-refractivity contribution in [3.8, 4) is 5.75 Å². The number of anilines is 1. The van der Waals surface area contributed by atoms with Crippen molar-refractivity contribution in [1.82, 2.24) is 5.32 Å². The van der Waals surface area contributed by atoms with E-state index in [-0.39, 0.29) is 17.1 Å². The second-order valence-electron chi connectivity index (χ2n) is 9.19. The number of amides is 3. The molecule has 0 radical (unpaired) electrons. The van der Waals surface area contributed by atoms with E-state index in [1.54, 1.807) is 30.3 Å². The number of aliphatic imine (C=N–C) groups is 1. The Morgan fingerprint density at radius 3 is 2.15 bits per heavy atom. The zero-order valence-corrected chi connectivity index (χ0v) is 22.2. The van der Waals surface area contributed by atoms with Gasteiger partial charge in [-0.2, -0.15) is 26.3 Å². The van der Waals surface area contributed by atoms with Crippen LogP contribution in [0.3, 0.4) is 0 Å². The van der Waals surface area contributed by atoms with Crippen molar-refractivity contribution in [1.29, 1.82) is 0 Å². The second-order valence-corrected chi connectivity index (χ2v) is 9.63. The lowest BCUT2D eigenvalue weighted by molar-refractivity contribution is -0.152. The SMILES string of the molecule is COc1cccc2c1NC(=O)C(NC(=O)C(CCC(F)(F)F)C(CCC(F)(F)F)C(N)=O)N=C2c1ccc(Cl)cc1. The van der Waals surface area contributed by atoms with Gasteiger partial charge in [-0.25, -0.2) is 4.99 Å². The van der Waals surface area contributed by atoms with Gasteiger partial charge < -0.3 is 21.1 Å². The van der Waals surface area contributed by atoms with Crippen LogP contribution in [-0.4, -0.2) is 49.1 Å². The summed E-state index contributed by atoms with van der Waals surface area (Å²) in [5, 5.41) is 5.15. The molecule has 3 atom stereocenters. The number of carbonyl (C=O) groups excluding carboxylic acids is 3. The Hall–Kier alpha value is -3.81. The number of alkyl halides is 6. The number of hydrogen-bond donors (Lipinski definition) is 3. The van der Waals surface area contributed by atoms with Gasteiger partial charge in [-0.1, -0.05) is 35.9 Å². The first-order valence-corrected chi connectivity index (χ1v) is 12.5. The number of primary amides is 1. The minimum atomic E-state index is -4.79. The maximum Gasteiger partial charge on any atom is 0.389 e.